The summed E-state index contributed by atoms with van der Waals surface area (Å²) in [6, 6.07) is 19.8. The molecular formula is C31H42NO2+. The van der Waals surface area contributed by atoms with E-state index in [2.05, 4.69) is 54.6 Å². The van der Waals surface area contributed by atoms with Gasteiger partial charge in [0.1, 0.15) is 31.5 Å². The van der Waals surface area contributed by atoms with E-state index in [1.54, 1.807) is 5.56 Å². The van der Waals surface area contributed by atoms with Crippen LogP contribution in [-0.2, 0) is 12.0 Å². The third kappa shape index (κ3) is 4.66. The minimum atomic E-state index is -0.440. The van der Waals surface area contributed by atoms with E-state index in [0.29, 0.717) is 12.0 Å². The smallest absolute Gasteiger partial charge is 0.137 e. The fourth-order valence-electron chi connectivity index (χ4n) is 8.62. The molecule has 1 aliphatic heterocycles. The van der Waals surface area contributed by atoms with Gasteiger partial charge in [-0.05, 0) is 98.7 Å². The zero-order chi connectivity index (χ0) is 23.0. The maximum absolute atomic E-state index is 11.0. The molecule has 1 atom stereocenters. The predicted octanol–water partition coefficient (Wildman–Crippen LogP) is 6.10. The van der Waals surface area contributed by atoms with Gasteiger partial charge < -0.3 is 14.3 Å². The van der Waals surface area contributed by atoms with Crippen LogP contribution in [-0.4, -0.2) is 41.9 Å². The van der Waals surface area contributed by atoms with Crippen molar-refractivity contribution in [3.8, 4) is 5.75 Å². The number of likely N-dealkylation sites (tertiary alicyclic amines) is 1. The molecule has 0 radical (unpaired) electrons. The lowest BCUT2D eigenvalue weighted by atomic mass is 9.48. The molecule has 0 amide bonds. The van der Waals surface area contributed by atoms with E-state index in [1.165, 1.54) is 63.4 Å². The number of aliphatic hydroxyl groups is 1. The second-order valence-corrected chi connectivity index (χ2v) is 12.4. The zero-order valence-electron chi connectivity index (χ0n) is 20.7. The highest BCUT2D eigenvalue weighted by molar-refractivity contribution is 5.34. The number of rotatable bonds is 8. The standard InChI is InChI=1S/C31H42NO2/c33-29(22-32(13-5-2-6-14-32)21-24-7-3-1-4-8-24)23-34-30-11-9-28(10-12-30)31-18-25-15-26(19-31)17-27(16-25)20-31/h1,3-4,7-12,25-27,29,33H,2,5-6,13-23H2/q+1/t25?,26?,27?,29-,31?/m0/s1. The Morgan fingerprint density at radius 2 is 1.44 bits per heavy atom. The number of hydrogen-bond acceptors (Lipinski definition) is 2. The molecule has 34 heavy (non-hydrogen) atoms. The van der Waals surface area contributed by atoms with E-state index in [0.717, 1.165) is 54.2 Å². The maximum Gasteiger partial charge on any atom is 0.137 e. The van der Waals surface area contributed by atoms with Crippen molar-refractivity contribution in [1.29, 1.82) is 0 Å². The third-order valence-electron chi connectivity index (χ3n) is 9.67. The van der Waals surface area contributed by atoms with Crippen LogP contribution in [0.4, 0.5) is 0 Å². The average molecular weight is 461 g/mol. The van der Waals surface area contributed by atoms with Crippen LogP contribution in [0.2, 0.25) is 0 Å². The van der Waals surface area contributed by atoms with E-state index >= 15 is 0 Å². The van der Waals surface area contributed by atoms with Gasteiger partial charge in [-0.2, -0.15) is 0 Å². The van der Waals surface area contributed by atoms with Crippen LogP contribution in [0.1, 0.15) is 68.9 Å². The summed E-state index contributed by atoms with van der Waals surface area (Å²) in [7, 11) is 0. The Kier molecular flexibility index (Phi) is 6.20. The van der Waals surface area contributed by atoms with Gasteiger partial charge in [-0.25, -0.2) is 0 Å². The van der Waals surface area contributed by atoms with Crippen molar-refractivity contribution >= 4 is 0 Å². The van der Waals surface area contributed by atoms with Crippen LogP contribution in [0, 0.1) is 17.8 Å². The van der Waals surface area contributed by atoms with Gasteiger partial charge in [0.05, 0.1) is 13.1 Å². The lowest BCUT2D eigenvalue weighted by Crippen LogP contribution is -2.55. The topological polar surface area (TPSA) is 29.5 Å². The number of quaternary nitrogens is 1. The molecule has 3 nitrogen and oxygen atoms in total. The maximum atomic E-state index is 11.0. The largest absolute Gasteiger partial charge is 0.491 e. The number of aliphatic hydroxyl groups excluding tert-OH is 1. The molecule has 1 saturated heterocycles. The van der Waals surface area contributed by atoms with Crippen molar-refractivity contribution in [2.24, 2.45) is 17.8 Å². The molecule has 1 N–H and O–H groups in total. The van der Waals surface area contributed by atoms with Crippen molar-refractivity contribution in [3.05, 3.63) is 65.7 Å². The molecule has 0 unspecified atom stereocenters. The van der Waals surface area contributed by atoms with Crippen LogP contribution in [0.5, 0.6) is 5.75 Å². The molecule has 4 bridgehead atoms. The summed E-state index contributed by atoms with van der Waals surface area (Å²) in [5, 5.41) is 11.0. The first kappa shape index (κ1) is 22.6. The highest BCUT2D eigenvalue weighted by Gasteiger charge is 2.51. The first-order valence-corrected chi connectivity index (χ1v) is 13.9. The molecule has 182 valence electrons. The van der Waals surface area contributed by atoms with Gasteiger partial charge in [0.25, 0.3) is 0 Å². The Balaban J connectivity index is 1.07. The van der Waals surface area contributed by atoms with Crippen molar-refractivity contribution in [3.63, 3.8) is 0 Å². The molecule has 2 aromatic rings. The van der Waals surface area contributed by atoms with E-state index in [1.807, 2.05) is 0 Å². The Morgan fingerprint density at radius 1 is 0.824 bits per heavy atom. The summed E-state index contributed by atoms with van der Waals surface area (Å²) in [6.45, 7) is 4.49. The van der Waals surface area contributed by atoms with Gasteiger partial charge in [-0.3, -0.25) is 0 Å². The lowest BCUT2D eigenvalue weighted by molar-refractivity contribution is -0.947. The van der Waals surface area contributed by atoms with Crippen LogP contribution < -0.4 is 4.74 Å². The fraction of sp³-hybridized carbons (Fsp3) is 0.613. The van der Waals surface area contributed by atoms with Gasteiger partial charge >= 0.3 is 0 Å². The highest BCUT2D eigenvalue weighted by atomic mass is 16.5. The minimum absolute atomic E-state index is 0.380. The predicted molar refractivity (Wildman–Crippen MR) is 137 cm³/mol. The molecule has 2 aromatic carbocycles. The van der Waals surface area contributed by atoms with Crippen LogP contribution in [0.15, 0.2) is 54.6 Å². The number of piperidine rings is 1. The number of hydrogen-bond donors (Lipinski definition) is 1. The fourth-order valence-corrected chi connectivity index (χ4v) is 8.62. The molecule has 4 aliphatic carbocycles. The van der Waals surface area contributed by atoms with Gasteiger partial charge in [-0.15, -0.1) is 0 Å². The molecule has 0 spiro atoms. The first-order valence-electron chi connectivity index (χ1n) is 13.9. The normalized spacial score (nSPS) is 32.4. The van der Waals surface area contributed by atoms with E-state index < -0.39 is 6.10 Å². The Hall–Kier alpha value is -1.84. The van der Waals surface area contributed by atoms with E-state index in [9.17, 15) is 5.11 Å². The Morgan fingerprint density at radius 3 is 2.06 bits per heavy atom. The van der Waals surface area contributed by atoms with E-state index in [-0.39, 0.29) is 0 Å². The van der Waals surface area contributed by atoms with Crippen LogP contribution >= 0.6 is 0 Å². The molecule has 1 heterocycles. The van der Waals surface area contributed by atoms with Crippen LogP contribution in [0.25, 0.3) is 0 Å². The summed E-state index contributed by atoms with van der Waals surface area (Å²) < 4.78 is 7.10. The molecule has 0 aromatic heterocycles. The number of nitrogens with zero attached hydrogens (tertiary/aromatic N) is 1. The highest BCUT2D eigenvalue weighted by Crippen LogP contribution is 2.60. The third-order valence-corrected chi connectivity index (χ3v) is 9.67. The minimum Gasteiger partial charge on any atom is -0.491 e. The molecule has 5 aliphatic rings. The lowest BCUT2D eigenvalue weighted by Gasteiger charge is -2.57. The molecule has 3 heteroatoms. The first-order chi connectivity index (χ1) is 16.6. The average Bonchev–Trinajstić information content (AvgIpc) is 2.83. The number of benzene rings is 2. The Bertz CT molecular complexity index is 912. The summed E-state index contributed by atoms with van der Waals surface area (Å²) in [6.07, 6.45) is 12.1. The summed E-state index contributed by atoms with van der Waals surface area (Å²) >= 11 is 0. The molecular weight excluding hydrogens is 418 g/mol. The second kappa shape index (κ2) is 9.32. The second-order valence-electron chi connectivity index (χ2n) is 12.4. The van der Waals surface area contributed by atoms with Crippen LogP contribution in [0.3, 0.4) is 0 Å². The van der Waals surface area contributed by atoms with Crippen molar-refractivity contribution in [2.45, 2.75) is 75.9 Å². The zero-order valence-corrected chi connectivity index (χ0v) is 20.7. The van der Waals surface area contributed by atoms with E-state index in [4.69, 9.17) is 4.74 Å². The summed E-state index contributed by atoms with van der Waals surface area (Å²) in [5.74, 6) is 3.82. The molecule has 4 saturated carbocycles. The van der Waals surface area contributed by atoms with Gasteiger partial charge in [-0.1, -0.05) is 42.5 Å². The van der Waals surface area contributed by atoms with Crippen molar-refractivity contribution in [2.75, 3.05) is 26.2 Å². The van der Waals surface area contributed by atoms with Crippen molar-refractivity contribution < 1.29 is 14.3 Å². The molecule has 7 rings (SSSR count). The quantitative estimate of drug-likeness (QED) is 0.483. The summed E-state index contributed by atoms with van der Waals surface area (Å²) in [5.41, 5.74) is 3.35. The SMILES string of the molecule is O[C@H](COc1ccc(C23CC4CC(CC(C4)C2)C3)cc1)C[N+]1(Cc2ccccc2)CCCCC1. The van der Waals surface area contributed by atoms with Gasteiger partial charge in [0.15, 0.2) is 0 Å². The Labute approximate surface area is 205 Å². The van der Waals surface area contributed by atoms with Gasteiger partial charge in [0, 0.05) is 5.56 Å². The molecule has 5 fully saturated rings. The summed E-state index contributed by atoms with van der Waals surface area (Å²) in [4.78, 5) is 0. The van der Waals surface area contributed by atoms with Crippen molar-refractivity contribution in [1.82, 2.24) is 0 Å². The monoisotopic (exact) mass is 460 g/mol. The number of ether oxygens (including phenoxy) is 1. The van der Waals surface area contributed by atoms with Gasteiger partial charge in [0.2, 0.25) is 0 Å².